The molecular formula is C4H9NO3. The molecule has 0 aromatic rings. The summed E-state index contributed by atoms with van der Waals surface area (Å²) in [6.45, 7) is -0.375. The highest BCUT2D eigenvalue weighted by Gasteiger charge is 2.08. The predicted molar refractivity (Wildman–Crippen MR) is 23.8 cm³/mol. The highest BCUT2D eigenvalue weighted by atomic mass is 16.5. The third-order valence-corrected chi connectivity index (χ3v) is 0.516. The van der Waals surface area contributed by atoms with Crippen LogP contribution >= 0.6 is 0 Å². The second kappa shape index (κ2) is 2.11. The number of carboxylic acids is 1. The van der Waals surface area contributed by atoms with E-state index in [1.165, 1.54) is 14.1 Å². The molecule has 0 heterocycles. The average Bonchev–Trinajstić information content (AvgIpc) is 1.21. The quantitative estimate of drug-likeness (QED) is 0.344. The standard InChI is InChI=1S/C4H9NO3/c1-5(2,8)3-4(6)7/h8H,3H2,1-2H3. The number of hydrogen-bond acceptors (Lipinski definition) is 3. The number of quaternary nitrogens is 1. The van der Waals surface area contributed by atoms with Crippen molar-refractivity contribution >= 4 is 5.97 Å². The van der Waals surface area contributed by atoms with E-state index in [9.17, 15) is 9.90 Å². The van der Waals surface area contributed by atoms with Crippen molar-refractivity contribution in [2.24, 2.45) is 0 Å². The molecule has 0 aliphatic heterocycles. The third-order valence-electron chi connectivity index (χ3n) is 0.516. The van der Waals surface area contributed by atoms with Crippen LogP contribution in [-0.4, -0.2) is 36.5 Å². The van der Waals surface area contributed by atoms with Crippen LogP contribution < -0.4 is 5.11 Å². The lowest BCUT2D eigenvalue weighted by Crippen LogP contribution is -2.45. The summed E-state index contributed by atoms with van der Waals surface area (Å²) >= 11 is 0. The van der Waals surface area contributed by atoms with Gasteiger partial charge in [0.05, 0.1) is 20.1 Å². The lowest BCUT2D eigenvalue weighted by atomic mass is 10.6. The fraction of sp³-hybridized carbons (Fsp3) is 0.750. The van der Waals surface area contributed by atoms with E-state index in [1.807, 2.05) is 0 Å². The summed E-state index contributed by atoms with van der Waals surface area (Å²) in [5.41, 5.74) is 0. The normalized spacial score (nSPS) is 11.4. The Kier molecular flexibility index (Phi) is 1.94. The minimum absolute atomic E-state index is 0.375. The number of aliphatic carboxylic acids is 1. The molecule has 0 amide bonds. The van der Waals surface area contributed by atoms with Crippen LogP contribution in [0.2, 0.25) is 0 Å². The summed E-state index contributed by atoms with van der Waals surface area (Å²) in [4.78, 5) is 9.73. The van der Waals surface area contributed by atoms with Crippen LogP contribution in [0.4, 0.5) is 0 Å². The molecule has 4 heteroatoms. The van der Waals surface area contributed by atoms with Gasteiger partial charge >= 0.3 is 0 Å². The summed E-state index contributed by atoms with van der Waals surface area (Å²) < 4.78 is -0.581. The Labute approximate surface area is 47.5 Å². The molecule has 0 unspecified atom stereocenters. The fourth-order valence-corrected chi connectivity index (χ4v) is 0.316. The zero-order valence-corrected chi connectivity index (χ0v) is 4.92. The van der Waals surface area contributed by atoms with Gasteiger partial charge in [-0.25, -0.2) is 5.21 Å². The number of hydroxylamine groups is 3. The molecule has 0 aliphatic rings. The van der Waals surface area contributed by atoms with Gasteiger partial charge in [0, 0.05) is 0 Å². The predicted octanol–water partition coefficient (Wildman–Crippen LogP) is -1.80. The summed E-state index contributed by atoms with van der Waals surface area (Å²) in [7, 11) is 2.71. The van der Waals surface area contributed by atoms with Crippen LogP contribution in [0.25, 0.3) is 0 Å². The maximum atomic E-state index is 9.73. The monoisotopic (exact) mass is 119 g/mol. The zero-order chi connectivity index (χ0) is 6.78. The molecule has 0 aromatic heterocycles. The largest absolute Gasteiger partial charge is 0.544 e. The Morgan fingerprint density at radius 2 is 2.12 bits per heavy atom. The number of hydrogen-bond donors (Lipinski definition) is 1. The van der Waals surface area contributed by atoms with Crippen molar-refractivity contribution < 1.29 is 19.8 Å². The van der Waals surface area contributed by atoms with E-state index in [0.29, 0.717) is 0 Å². The Morgan fingerprint density at radius 1 is 1.75 bits per heavy atom. The molecule has 0 saturated heterocycles. The van der Waals surface area contributed by atoms with Crippen LogP contribution in [0, 0.1) is 0 Å². The van der Waals surface area contributed by atoms with Crippen molar-refractivity contribution in [3.63, 3.8) is 0 Å². The number of carbonyl (C=O) groups excluding carboxylic acids is 1. The molecule has 0 aliphatic carbocycles. The fourth-order valence-electron chi connectivity index (χ4n) is 0.316. The van der Waals surface area contributed by atoms with Gasteiger partial charge in [-0.3, -0.25) is 0 Å². The minimum Gasteiger partial charge on any atom is -0.544 e. The molecule has 0 saturated carbocycles. The van der Waals surface area contributed by atoms with Crippen molar-refractivity contribution in [3.05, 3.63) is 0 Å². The van der Waals surface area contributed by atoms with Crippen molar-refractivity contribution in [3.8, 4) is 0 Å². The minimum atomic E-state index is -1.25. The average molecular weight is 119 g/mol. The molecule has 0 atom stereocenters. The Bertz CT molecular complexity index is 93.9. The Balaban J connectivity index is 3.55. The van der Waals surface area contributed by atoms with E-state index < -0.39 is 10.6 Å². The maximum absolute atomic E-state index is 9.73. The second-order valence-corrected chi connectivity index (χ2v) is 2.15. The van der Waals surface area contributed by atoms with E-state index in [2.05, 4.69) is 0 Å². The van der Waals surface area contributed by atoms with Crippen LogP contribution in [0.5, 0.6) is 0 Å². The molecular weight excluding hydrogens is 110 g/mol. The highest BCUT2D eigenvalue weighted by Crippen LogP contribution is 1.84. The number of carbonyl (C=O) groups is 1. The van der Waals surface area contributed by atoms with Crippen LogP contribution in [0.1, 0.15) is 0 Å². The molecule has 0 spiro atoms. The molecule has 0 rings (SSSR count). The molecule has 0 aromatic carbocycles. The Hall–Kier alpha value is -0.610. The van der Waals surface area contributed by atoms with E-state index in [4.69, 9.17) is 5.21 Å². The van der Waals surface area contributed by atoms with Gasteiger partial charge in [-0.15, -0.1) is 0 Å². The number of carboxylic acid groups (broad SMARTS) is 1. The first-order chi connectivity index (χ1) is 3.42. The SMILES string of the molecule is C[N+](C)(O)CC(=O)[O-]. The lowest BCUT2D eigenvalue weighted by Gasteiger charge is -2.19. The molecule has 1 N–H and O–H groups in total. The van der Waals surface area contributed by atoms with Crippen molar-refractivity contribution in [2.45, 2.75) is 0 Å². The first kappa shape index (κ1) is 7.39. The highest BCUT2D eigenvalue weighted by molar-refractivity contribution is 5.65. The molecule has 48 valence electrons. The van der Waals surface area contributed by atoms with Crippen molar-refractivity contribution in [1.82, 2.24) is 0 Å². The van der Waals surface area contributed by atoms with Crippen molar-refractivity contribution in [1.29, 1.82) is 0 Å². The van der Waals surface area contributed by atoms with Gasteiger partial charge < -0.3 is 9.90 Å². The summed E-state index contributed by atoms with van der Waals surface area (Å²) in [5.74, 6) is -1.25. The van der Waals surface area contributed by atoms with Gasteiger partial charge in [-0.1, -0.05) is 0 Å². The first-order valence-electron chi connectivity index (χ1n) is 2.17. The van der Waals surface area contributed by atoms with Crippen LogP contribution in [-0.2, 0) is 4.79 Å². The first-order valence-corrected chi connectivity index (χ1v) is 2.17. The summed E-state index contributed by atoms with van der Waals surface area (Å²) in [6, 6.07) is 0. The van der Waals surface area contributed by atoms with Crippen molar-refractivity contribution in [2.75, 3.05) is 20.6 Å². The molecule has 0 radical (unpaired) electrons. The topological polar surface area (TPSA) is 60.4 Å². The van der Waals surface area contributed by atoms with E-state index in [-0.39, 0.29) is 6.54 Å². The Morgan fingerprint density at radius 3 is 2.12 bits per heavy atom. The number of likely N-dealkylation sites (N-methyl/N-ethyl adjacent to an activating group) is 1. The van der Waals surface area contributed by atoms with E-state index in [1.54, 1.807) is 0 Å². The van der Waals surface area contributed by atoms with E-state index in [0.717, 1.165) is 0 Å². The second-order valence-electron chi connectivity index (χ2n) is 2.15. The molecule has 0 bridgehead atoms. The summed E-state index contributed by atoms with van der Waals surface area (Å²) in [5, 5.41) is 18.4. The van der Waals surface area contributed by atoms with Gasteiger partial charge in [0.15, 0.2) is 0 Å². The van der Waals surface area contributed by atoms with Gasteiger partial charge in [0.25, 0.3) is 0 Å². The van der Waals surface area contributed by atoms with Gasteiger partial charge in [-0.05, 0) is 0 Å². The van der Waals surface area contributed by atoms with Crippen LogP contribution in [0.15, 0.2) is 0 Å². The third kappa shape index (κ3) is 5.39. The summed E-state index contributed by atoms with van der Waals surface area (Å²) in [6.07, 6.45) is 0. The van der Waals surface area contributed by atoms with Gasteiger partial charge in [0.2, 0.25) is 0 Å². The maximum Gasteiger partial charge on any atom is 0.148 e. The molecule has 4 nitrogen and oxygen atoms in total. The van der Waals surface area contributed by atoms with Gasteiger partial charge in [-0.2, -0.15) is 4.65 Å². The van der Waals surface area contributed by atoms with Crippen LogP contribution in [0.3, 0.4) is 0 Å². The van der Waals surface area contributed by atoms with E-state index >= 15 is 0 Å². The lowest BCUT2D eigenvalue weighted by molar-refractivity contribution is -1.07. The smallest absolute Gasteiger partial charge is 0.148 e. The number of nitrogens with zero attached hydrogens (tertiary/aromatic N) is 1. The van der Waals surface area contributed by atoms with Gasteiger partial charge in [0.1, 0.15) is 6.54 Å². The number of rotatable bonds is 2. The zero-order valence-electron chi connectivity index (χ0n) is 4.92. The molecule has 0 fully saturated rings. The molecule has 8 heavy (non-hydrogen) atoms.